The fourth-order valence-electron chi connectivity index (χ4n) is 4.70. The molecule has 0 bridgehead atoms. The number of hydrogen-bond donors (Lipinski definition) is 2. The molecule has 9 nitrogen and oxygen atoms in total. The van der Waals surface area contributed by atoms with Crippen LogP contribution < -0.4 is 16.8 Å². The van der Waals surface area contributed by atoms with E-state index in [0.717, 1.165) is 23.7 Å². The van der Waals surface area contributed by atoms with Gasteiger partial charge in [0.25, 0.3) is 11.1 Å². The number of imidazole rings is 1. The topological polar surface area (TPSA) is 118 Å². The molecule has 2 atom stereocenters. The van der Waals surface area contributed by atoms with E-state index in [2.05, 4.69) is 20.1 Å². The van der Waals surface area contributed by atoms with Crippen LogP contribution in [0.15, 0.2) is 69.5 Å². The predicted octanol–water partition coefficient (Wildman–Crippen LogP) is 2.92. The number of halogens is 3. The van der Waals surface area contributed by atoms with Crippen LogP contribution in [0.2, 0.25) is 0 Å². The fourth-order valence-corrected chi connectivity index (χ4v) is 4.70. The van der Waals surface area contributed by atoms with Gasteiger partial charge in [-0.25, -0.2) is 14.3 Å². The Kier molecular flexibility index (Phi) is 4.75. The number of pyridine rings is 1. The molecule has 0 unspecified atom stereocenters. The number of aromatic amines is 2. The molecule has 1 aliphatic rings. The number of fused-ring (bicyclic) bond motifs is 2. The summed E-state index contributed by atoms with van der Waals surface area (Å²) < 4.78 is 40.8. The molecule has 1 aromatic carbocycles. The van der Waals surface area contributed by atoms with Gasteiger partial charge in [0.2, 0.25) is 0 Å². The highest BCUT2D eigenvalue weighted by Crippen LogP contribution is 2.55. The van der Waals surface area contributed by atoms with Crippen LogP contribution in [-0.2, 0) is 6.54 Å². The third kappa shape index (κ3) is 3.80. The molecular formula is C24H17F3N6O3. The predicted molar refractivity (Wildman–Crippen MR) is 124 cm³/mol. The summed E-state index contributed by atoms with van der Waals surface area (Å²) in [7, 11) is 0. The number of benzene rings is 1. The summed E-state index contributed by atoms with van der Waals surface area (Å²) in [5.74, 6) is 0.00624. The molecule has 1 fully saturated rings. The minimum Gasteiger partial charge on any atom is -0.313 e. The summed E-state index contributed by atoms with van der Waals surface area (Å²) in [5, 5.41) is 5.23. The first-order chi connectivity index (χ1) is 17.2. The molecule has 36 heavy (non-hydrogen) atoms. The summed E-state index contributed by atoms with van der Waals surface area (Å²) in [6.07, 6.45) is 1.92. The number of aromatic nitrogens is 6. The molecule has 0 amide bonds. The molecule has 12 heteroatoms. The second kappa shape index (κ2) is 7.77. The Bertz CT molecular complexity index is 1830. The zero-order valence-electron chi connectivity index (χ0n) is 18.4. The smallest absolute Gasteiger partial charge is 0.313 e. The molecule has 182 valence electrons. The standard InChI is InChI=1S/C24H17F3N6O3/c25-24(26,27)11-32-5-3-12-1-2-13(7-15(12)22(32)35)14-8-16(14)17-9-19(31-33-6-4-28-20(17)33)18-10-29-23(36)30-21(18)34/h1-7,9-10,14,16H,8,11H2,(H2,29,30,34,36)/t14-,16+/m1/s1. The lowest BCUT2D eigenvalue weighted by Gasteiger charge is -2.11. The van der Waals surface area contributed by atoms with E-state index in [9.17, 15) is 27.6 Å². The second-order valence-electron chi connectivity index (χ2n) is 8.83. The van der Waals surface area contributed by atoms with E-state index in [4.69, 9.17) is 0 Å². The lowest BCUT2D eigenvalue weighted by molar-refractivity contribution is -0.141. The summed E-state index contributed by atoms with van der Waals surface area (Å²) in [6.45, 7) is -1.35. The van der Waals surface area contributed by atoms with Gasteiger partial charge in [-0.3, -0.25) is 14.6 Å². The number of nitrogens with zero attached hydrogens (tertiary/aromatic N) is 4. The van der Waals surface area contributed by atoms with Gasteiger partial charge in [-0.05, 0) is 47.4 Å². The zero-order chi connectivity index (χ0) is 25.2. The average molecular weight is 494 g/mol. The SMILES string of the molecule is O=c1[nH]cc(-c2cc([C@H]3C[C@@H]3c3ccc4ccn(CC(F)(F)F)c(=O)c4c3)c3nccn3n2)c(=O)[nH]1. The summed E-state index contributed by atoms with van der Waals surface area (Å²) in [4.78, 5) is 45.5. The molecule has 1 saturated carbocycles. The lowest BCUT2D eigenvalue weighted by atomic mass is 10.0. The normalized spacial score (nSPS) is 17.6. The van der Waals surface area contributed by atoms with Crippen LogP contribution in [0.4, 0.5) is 13.2 Å². The Labute approximate surface area is 198 Å². The summed E-state index contributed by atoms with van der Waals surface area (Å²) in [5.41, 5.74) is 0.937. The van der Waals surface area contributed by atoms with Crippen LogP contribution in [0.3, 0.4) is 0 Å². The van der Waals surface area contributed by atoms with Crippen molar-refractivity contribution in [2.45, 2.75) is 31.0 Å². The van der Waals surface area contributed by atoms with Gasteiger partial charge >= 0.3 is 11.9 Å². The summed E-state index contributed by atoms with van der Waals surface area (Å²) >= 11 is 0. The van der Waals surface area contributed by atoms with Crippen LogP contribution in [0.1, 0.15) is 29.4 Å². The van der Waals surface area contributed by atoms with Gasteiger partial charge in [-0.2, -0.15) is 18.3 Å². The van der Waals surface area contributed by atoms with Crippen molar-refractivity contribution in [3.05, 3.63) is 97.4 Å². The first-order valence-electron chi connectivity index (χ1n) is 11.0. The molecule has 5 aromatic rings. The maximum atomic E-state index is 12.9. The van der Waals surface area contributed by atoms with Crippen LogP contribution in [0.5, 0.6) is 0 Å². The molecule has 0 spiro atoms. The highest BCUT2D eigenvalue weighted by molar-refractivity contribution is 5.82. The maximum Gasteiger partial charge on any atom is 0.406 e. The van der Waals surface area contributed by atoms with Crippen LogP contribution in [-0.4, -0.2) is 35.3 Å². The molecule has 0 saturated heterocycles. The third-order valence-electron chi connectivity index (χ3n) is 6.45. The van der Waals surface area contributed by atoms with Crippen molar-refractivity contribution in [2.24, 2.45) is 0 Å². The molecule has 4 aromatic heterocycles. The molecular weight excluding hydrogens is 477 g/mol. The van der Waals surface area contributed by atoms with Crippen molar-refractivity contribution in [2.75, 3.05) is 0 Å². The van der Waals surface area contributed by atoms with Gasteiger partial charge < -0.3 is 9.55 Å². The van der Waals surface area contributed by atoms with E-state index in [1.807, 2.05) is 6.07 Å². The van der Waals surface area contributed by atoms with Gasteiger partial charge in [0.15, 0.2) is 5.65 Å². The fraction of sp³-hybridized carbons (Fsp3) is 0.208. The second-order valence-corrected chi connectivity index (χ2v) is 8.83. The van der Waals surface area contributed by atoms with Gasteiger partial charge in [0, 0.05) is 35.7 Å². The number of hydrogen-bond acceptors (Lipinski definition) is 5. The lowest BCUT2D eigenvalue weighted by Crippen LogP contribution is -2.27. The first-order valence-corrected chi connectivity index (χ1v) is 11.0. The van der Waals surface area contributed by atoms with E-state index >= 15 is 0 Å². The van der Waals surface area contributed by atoms with Crippen molar-refractivity contribution >= 4 is 16.4 Å². The van der Waals surface area contributed by atoms with Gasteiger partial charge in [-0.15, -0.1) is 0 Å². The van der Waals surface area contributed by atoms with E-state index in [1.165, 1.54) is 12.3 Å². The van der Waals surface area contributed by atoms with Crippen molar-refractivity contribution in [3.63, 3.8) is 0 Å². The highest BCUT2D eigenvalue weighted by Gasteiger charge is 2.41. The minimum atomic E-state index is -4.50. The molecule has 0 aliphatic heterocycles. The van der Waals surface area contributed by atoms with E-state index in [0.29, 0.717) is 21.3 Å². The van der Waals surface area contributed by atoms with Crippen LogP contribution in [0, 0.1) is 0 Å². The van der Waals surface area contributed by atoms with Crippen molar-refractivity contribution in [1.29, 1.82) is 0 Å². The Hall–Kier alpha value is -4.48. The highest BCUT2D eigenvalue weighted by atomic mass is 19.4. The number of H-pyrrole nitrogens is 2. The number of alkyl halides is 3. The Morgan fingerprint density at radius 1 is 1.06 bits per heavy atom. The van der Waals surface area contributed by atoms with E-state index in [1.54, 1.807) is 35.1 Å². The Balaban J connectivity index is 1.39. The Morgan fingerprint density at radius 2 is 1.89 bits per heavy atom. The van der Waals surface area contributed by atoms with Crippen molar-refractivity contribution in [3.8, 4) is 11.3 Å². The van der Waals surface area contributed by atoms with E-state index < -0.39 is 29.5 Å². The molecule has 4 heterocycles. The minimum absolute atomic E-state index is 0.00273. The van der Waals surface area contributed by atoms with Gasteiger partial charge in [-0.1, -0.05) is 12.1 Å². The van der Waals surface area contributed by atoms with Crippen molar-refractivity contribution in [1.82, 2.24) is 29.1 Å². The first kappa shape index (κ1) is 22.0. The van der Waals surface area contributed by atoms with Gasteiger partial charge in [0.05, 0.1) is 11.3 Å². The molecule has 0 radical (unpaired) electrons. The van der Waals surface area contributed by atoms with Crippen LogP contribution in [0.25, 0.3) is 27.7 Å². The zero-order valence-corrected chi connectivity index (χ0v) is 18.4. The number of rotatable bonds is 4. The van der Waals surface area contributed by atoms with Gasteiger partial charge in [0.1, 0.15) is 6.54 Å². The third-order valence-corrected chi connectivity index (χ3v) is 6.45. The largest absolute Gasteiger partial charge is 0.406 e. The quantitative estimate of drug-likeness (QED) is 0.398. The monoisotopic (exact) mass is 494 g/mol. The van der Waals surface area contributed by atoms with Crippen LogP contribution >= 0.6 is 0 Å². The maximum absolute atomic E-state index is 12.9. The molecule has 6 rings (SSSR count). The molecule has 2 N–H and O–H groups in total. The molecule has 1 aliphatic carbocycles. The van der Waals surface area contributed by atoms with Crippen molar-refractivity contribution < 1.29 is 13.2 Å². The average Bonchev–Trinajstić information content (AvgIpc) is 3.47. The van der Waals surface area contributed by atoms with E-state index in [-0.39, 0.29) is 22.8 Å². The number of nitrogens with one attached hydrogen (secondary N) is 2. The summed E-state index contributed by atoms with van der Waals surface area (Å²) in [6, 6.07) is 8.53. The Morgan fingerprint density at radius 3 is 2.67 bits per heavy atom.